The molecule has 0 atom stereocenters. The SMILES string of the molecule is N#Cc1ccc(C(F)(F)F)c(NC2CCN(CC(N)=O)CC2)c1. The van der Waals surface area contributed by atoms with Gasteiger partial charge in [0.15, 0.2) is 0 Å². The van der Waals surface area contributed by atoms with Crippen LogP contribution in [0.3, 0.4) is 0 Å². The largest absolute Gasteiger partial charge is 0.418 e. The van der Waals surface area contributed by atoms with E-state index in [0.29, 0.717) is 25.9 Å². The van der Waals surface area contributed by atoms with Crippen molar-refractivity contribution < 1.29 is 18.0 Å². The summed E-state index contributed by atoms with van der Waals surface area (Å²) in [5, 5.41) is 11.8. The summed E-state index contributed by atoms with van der Waals surface area (Å²) in [6.07, 6.45) is -3.29. The number of amides is 1. The lowest BCUT2D eigenvalue weighted by atomic mass is 10.0. The van der Waals surface area contributed by atoms with Gasteiger partial charge >= 0.3 is 6.18 Å². The van der Waals surface area contributed by atoms with Gasteiger partial charge in [-0.05, 0) is 31.0 Å². The smallest absolute Gasteiger partial charge is 0.382 e. The molecule has 1 amide bonds. The fraction of sp³-hybridized carbons (Fsp3) is 0.467. The second-order valence-corrected chi connectivity index (χ2v) is 5.53. The molecule has 0 saturated carbocycles. The highest BCUT2D eigenvalue weighted by molar-refractivity contribution is 5.75. The molecule has 3 N–H and O–H groups in total. The molecule has 1 aliphatic heterocycles. The van der Waals surface area contributed by atoms with E-state index in [1.54, 1.807) is 0 Å². The zero-order chi connectivity index (χ0) is 17.0. The molecule has 0 unspecified atom stereocenters. The van der Waals surface area contributed by atoms with Crippen molar-refractivity contribution in [3.8, 4) is 6.07 Å². The number of carbonyl (C=O) groups excluding carboxylic acids is 1. The topological polar surface area (TPSA) is 82.2 Å². The summed E-state index contributed by atoms with van der Waals surface area (Å²) in [6.45, 7) is 1.32. The molecule has 1 saturated heterocycles. The molecule has 1 aromatic carbocycles. The molecule has 2 rings (SSSR count). The van der Waals surface area contributed by atoms with Gasteiger partial charge in [-0.15, -0.1) is 0 Å². The molecule has 1 aromatic rings. The maximum absolute atomic E-state index is 13.1. The normalized spacial score (nSPS) is 16.8. The number of halogens is 3. The van der Waals surface area contributed by atoms with Crippen LogP contribution < -0.4 is 11.1 Å². The third kappa shape index (κ3) is 4.60. The summed E-state index contributed by atoms with van der Waals surface area (Å²) >= 11 is 0. The van der Waals surface area contributed by atoms with Crippen molar-refractivity contribution in [3.05, 3.63) is 29.3 Å². The highest BCUT2D eigenvalue weighted by Gasteiger charge is 2.34. The standard InChI is InChI=1S/C15H17F3N4O/c16-15(17,18)12-2-1-10(8-19)7-13(12)21-11-3-5-22(6-4-11)9-14(20)23/h1-2,7,11,21H,3-6,9H2,(H2,20,23). The van der Waals surface area contributed by atoms with Crippen molar-refractivity contribution in [3.63, 3.8) is 0 Å². The predicted molar refractivity (Wildman–Crippen MR) is 78.4 cm³/mol. The van der Waals surface area contributed by atoms with Crippen LogP contribution >= 0.6 is 0 Å². The van der Waals surface area contributed by atoms with E-state index in [1.807, 2.05) is 11.0 Å². The molecular formula is C15H17F3N4O. The van der Waals surface area contributed by atoms with E-state index in [0.717, 1.165) is 12.1 Å². The number of nitrogens with zero attached hydrogens (tertiary/aromatic N) is 2. The summed E-state index contributed by atoms with van der Waals surface area (Å²) < 4.78 is 39.2. The van der Waals surface area contributed by atoms with Crippen molar-refractivity contribution in [1.82, 2.24) is 4.90 Å². The number of nitrogens with one attached hydrogen (secondary N) is 1. The summed E-state index contributed by atoms with van der Waals surface area (Å²) in [5.41, 5.74) is 4.44. The minimum Gasteiger partial charge on any atom is -0.382 e. The molecule has 0 aliphatic carbocycles. The number of carbonyl (C=O) groups is 1. The van der Waals surface area contributed by atoms with Gasteiger partial charge in [0.1, 0.15) is 0 Å². The molecule has 1 heterocycles. The molecule has 8 heteroatoms. The van der Waals surface area contributed by atoms with E-state index in [9.17, 15) is 18.0 Å². The number of benzene rings is 1. The number of nitriles is 1. The van der Waals surface area contributed by atoms with Crippen LogP contribution in [0.25, 0.3) is 0 Å². The van der Waals surface area contributed by atoms with Crippen LogP contribution in [0.5, 0.6) is 0 Å². The summed E-state index contributed by atoms with van der Waals surface area (Å²) in [4.78, 5) is 12.7. The van der Waals surface area contributed by atoms with Crippen LogP contribution in [0.4, 0.5) is 18.9 Å². The lowest BCUT2D eigenvalue weighted by Gasteiger charge is -2.32. The first kappa shape index (κ1) is 17.1. The fourth-order valence-electron chi connectivity index (χ4n) is 2.66. The maximum atomic E-state index is 13.1. The summed E-state index contributed by atoms with van der Waals surface area (Å²) in [5.74, 6) is -0.419. The number of anilines is 1. The lowest BCUT2D eigenvalue weighted by molar-refractivity contribution is -0.137. The first-order chi connectivity index (χ1) is 10.8. The third-order valence-electron chi connectivity index (χ3n) is 3.78. The highest BCUT2D eigenvalue weighted by Crippen LogP contribution is 2.36. The molecule has 1 aliphatic rings. The number of piperidine rings is 1. The van der Waals surface area contributed by atoms with Gasteiger partial charge in [-0.25, -0.2) is 0 Å². The van der Waals surface area contributed by atoms with Gasteiger partial charge in [-0.3, -0.25) is 9.69 Å². The Morgan fingerprint density at radius 2 is 2.04 bits per heavy atom. The number of hydrogen-bond acceptors (Lipinski definition) is 4. The van der Waals surface area contributed by atoms with E-state index in [2.05, 4.69) is 5.32 Å². The summed E-state index contributed by atoms with van der Waals surface area (Å²) in [7, 11) is 0. The Hall–Kier alpha value is -2.27. The van der Waals surface area contributed by atoms with Crippen molar-refractivity contribution in [2.75, 3.05) is 25.0 Å². The maximum Gasteiger partial charge on any atom is 0.418 e. The average molecular weight is 326 g/mol. The Morgan fingerprint density at radius 3 is 2.57 bits per heavy atom. The summed E-state index contributed by atoms with van der Waals surface area (Å²) in [6, 6.07) is 5.00. The van der Waals surface area contributed by atoms with Gasteiger partial charge in [-0.2, -0.15) is 18.4 Å². The van der Waals surface area contributed by atoms with Crippen molar-refractivity contribution >= 4 is 11.6 Å². The van der Waals surface area contributed by atoms with Gasteiger partial charge in [0, 0.05) is 24.8 Å². The van der Waals surface area contributed by atoms with Gasteiger partial charge < -0.3 is 11.1 Å². The minimum atomic E-state index is -4.48. The molecule has 0 bridgehead atoms. The van der Waals surface area contributed by atoms with Gasteiger partial charge in [0.2, 0.25) is 5.91 Å². The van der Waals surface area contributed by atoms with E-state index >= 15 is 0 Å². The Labute approximate surface area is 131 Å². The van der Waals surface area contributed by atoms with Crippen LogP contribution in [0, 0.1) is 11.3 Å². The number of likely N-dealkylation sites (tertiary alicyclic amines) is 1. The second kappa shape index (κ2) is 6.87. The van der Waals surface area contributed by atoms with Crippen LogP contribution in [0.15, 0.2) is 18.2 Å². The number of rotatable bonds is 4. The molecule has 124 valence electrons. The fourth-order valence-corrected chi connectivity index (χ4v) is 2.66. The zero-order valence-corrected chi connectivity index (χ0v) is 12.4. The lowest BCUT2D eigenvalue weighted by Crippen LogP contribution is -2.43. The van der Waals surface area contributed by atoms with Crippen LogP contribution in [-0.4, -0.2) is 36.5 Å². The Kier molecular flexibility index (Phi) is 5.11. The van der Waals surface area contributed by atoms with E-state index < -0.39 is 17.6 Å². The van der Waals surface area contributed by atoms with E-state index in [4.69, 9.17) is 11.0 Å². The highest BCUT2D eigenvalue weighted by atomic mass is 19.4. The van der Waals surface area contributed by atoms with E-state index in [1.165, 1.54) is 6.07 Å². The molecule has 0 spiro atoms. The Morgan fingerprint density at radius 1 is 1.39 bits per heavy atom. The number of hydrogen-bond donors (Lipinski definition) is 2. The molecule has 23 heavy (non-hydrogen) atoms. The average Bonchev–Trinajstić information content (AvgIpc) is 2.47. The monoisotopic (exact) mass is 326 g/mol. The molecule has 0 aromatic heterocycles. The van der Waals surface area contributed by atoms with Crippen LogP contribution in [-0.2, 0) is 11.0 Å². The minimum absolute atomic E-state index is 0.0788. The number of primary amides is 1. The zero-order valence-electron chi connectivity index (χ0n) is 12.4. The van der Waals surface area contributed by atoms with E-state index in [-0.39, 0.29) is 23.8 Å². The molecule has 0 radical (unpaired) electrons. The Balaban J connectivity index is 2.08. The Bertz CT molecular complexity index is 616. The third-order valence-corrected chi connectivity index (χ3v) is 3.78. The molecule has 5 nitrogen and oxygen atoms in total. The molecule has 1 fully saturated rings. The molecular weight excluding hydrogens is 309 g/mol. The number of nitrogens with two attached hydrogens (primary N) is 1. The van der Waals surface area contributed by atoms with Gasteiger partial charge in [0.05, 0.1) is 23.7 Å². The van der Waals surface area contributed by atoms with Crippen molar-refractivity contribution in [1.29, 1.82) is 5.26 Å². The number of alkyl halides is 3. The quantitative estimate of drug-likeness (QED) is 0.886. The van der Waals surface area contributed by atoms with Gasteiger partial charge in [-0.1, -0.05) is 0 Å². The van der Waals surface area contributed by atoms with Crippen molar-refractivity contribution in [2.24, 2.45) is 5.73 Å². The van der Waals surface area contributed by atoms with Crippen molar-refractivity contribution in [2.45, 2.75) is 25.1 Å². The first-order valence-corrected chi connectivity index (χ1v) is 7.18. The van der Waals surface area contributed by atoms with Crippen LogP contribution in [0.2, 0.25) is 0 Å². The second-order valence-electron chi connectivity index (χ2n) is 5.53. The first-order valence-electron chi connectivity index (χ1n) is 7.18. The van der Waals surface area contributed by atoms with Gasteiger partial charge in [0.25, 0.3) is 0 Å². The van der Waals surface area contributed by atoms with Crippen LogP contribution in [0.1, 0.15) is 24.0 Å². The predicted octanol–water partition coefficient (Wildman–Crippen LogP) is 1.94.